The van der Waals surface area contributed by atoms with E-state index in [9.17, 15) is 4.79 Å². The molecule has 1 aliphatic heterocycles. The van der Waals surface area contributed by atoms with Crippen LogP contribution in [0.3, 0.4) is 0 Å². The average molecular weight is 182 g/mol. The van der Waals surface area contributed by atoms with Gasteiger partial charge in [0.2, 0.25) is 5.91 Å². The lowest BCUT2D eigenvalue weighted by Gasteiger charge is -2.41. The first-order chi connectivity index (χ1) is 6.31. The summed E-state index contributed by atoms with van der Waals surface area (Å²) >= 11 is 0. The topological polar surface area (TPSA) is 55.1 Å². The molecule has 2 fully saturated rings. The molecule has 1 aliphatic carbocycles. The summed E-state index contributed by atoms with van der Waals surface area (Å²) in [6, 6.07) is 0.434. The van der Waals surface area contributed by atoms with Gasteiger partial charge in [0.05, 0.1) is 0 Å². The highest BCUT2D eigenvalue weighted by Gasteiger charge is 2.36. The Balaban J connectivity index is 2.07. The molecule has 1 saturated heterocycles. The van der Waals surface area contributed by atoms with Gasteiger partial charge in [-0.05, 0) is 31.2 Å². The van der Waals surface area contributed by atoms with Gasteiger partial charge < -0.3 is 11.1 Å². The second kappa shape index (κ2) is 3.66. The predicted molar refractivity (Wildman–Crippen MR) is 51.1 cm³/mol. The first-order valence-corrected chi connectivity index (χ1v) is 5.30. The fraction of sp³-hybridized carbons (Fsp3) is 0.900. The third-order valence-corrected chi connectivity index (χ3v) is 3.52. The number of piperidine rings is 1. The van der Waals surface area contributed by atoms with Crippen molar-refractivity contribution in [2.45, 2.75) is 38.1 Å². The Labute approximate surface area is 79.1 Å². The quantitative estimate of drug-likeness (QED) is 0.625. The van der Waals surface area contributed by atoms with Gasteiger partial charge in [0.15, 0.2) is 0 Å². The summed E-state index contributed by atoms with van der Waals surface area (Å²) in [5.74, 6) is 1.31. The summed E-state index contributed by atoms with van der Waals surface area (Å²) in [6.07, 6.45) is 5.64. The van der Waals surface area contributed by atoms with Crippen molar-refractivity contribution in [3.63, 3.8) is 0 Å². The minimum Gasteiger partial charge on any atom is -0.353 e. The van der Waals surface area contributed by atoms with E-state index in [1.807, 2.05) is 0 Å². The number of hydrogen-bond donors (Lipinski definition) is 2. The van der Waals surface area contributed by atoms with Crippen molar-refractivity contribution >= 4 is 5.91 Å². The van der Waals surface area contributed by atoms with Gasteiger partial charge >= 0.3 is 0 Å². The Kier molecular flexibility index (Phi) is 2.54. The molecule has 1 amide bonds. The van der Waals surface area contributed by atoms with E-state index in [1.54, 1.807) is 0 Å². The number of nitrogens with one attached hydrogen (secondary N) is 1. The lowest BCUT2D eigenvalue weighted by molar-refractivity contribution is -0.126. The molecule has 0 aromatic carbocycles. The summed E-state index contributed by atoms with van der Waals surface area (Å²) in [5.41, 5.74) is 5.69. The summed E-state index contributed by atoms with van der Waals surface area (Å²) in [4.78, 5) is 11.3. The molecule has 0 radical (unpaired) electrons. The number of fused-ring (bicyclic) bond motifs is 1. The van der Waals surface area contributed by atoms with Crippen molar-refractivity contribution in [2.75, 3.05) is 6.54 Å². The van der Waals surface area contributed by atoms with Gasteiger partial charge in [-0.25, -0.2) is 0 Å². The number of amides is 1. The van der Waals surface area contributed by atoms with Crippen molar-refractivity contribution in [3.05, 3.63) is 0 Å². The zero-order valence-electron chi connectivity index (χ0n) is 7.96. The molecule has 0 aromatic rings. The average Bonchev–Trinajstić information content (AvgIpc) is 2.16. The molecule has 13 heavy (non-hydrogen) atoms. The number of carbonyl (C=O) groups excluding carboxylic acids is 1. The summed E-state index contributed by atoms with van der Waals surface area (Å²) < 4.78 is 0. The molecule has 0 aromatic heterocycles. The molecule has 3 nitrogen and oxygen atoms in total. The maximum absolute atomic E-state index is 11.3. The fourth-order valence-electron chi connectivity index (χ4n) is 2.82. The van der Waals surface area contributed by atoms with Gasteiger partial charge in [-0.15, -0.1) is 0 Å². The van der Waals surface area contributed by atoms with Crippen LogP contribution in [0.15, 0.2) is 0 Å². The lowest BCUT2D eigenvalue weighted by Crippen LogP contribution is -2.52. The third kappa shape index (κ3) is 1.70. The second-order valence-electron chi connectivity index (χ2n) is 4.32. The molecule has 2 aliphatic rings. The highest BCUT2D eigenvalue weighted by Crippen LogP contribution is 2.34. The van der Waals surface area contributed by atoms with E-state index in [1.165, 1.54) is 19.3 Å². The molecule has 3 atom stereocenters. The van der Waals surface area contributed by atoms with Gasteiger partial charge in [0, 0.05) is 12.5 Å². The Bertz CT molecular complexity index is 195. The molecule has 0 spiro atoms. The van der Waals surface area contributed by atoms with Crippen molar-refractivity contribution in [1.29, 1.82) is 0 Å². The van der Waals surface area contributed by atoms with Crippen molar-refractivity contribution in [2.24, 2.45) is 17.6 Å². The van der Waals surface area contributed by atoms with Gasteiger partial charge in [-0.3, -0.25) is 4.79 Å². The van der Waals surface area contributed by atoms with Gasteiger partial charge in [-0.2, -0.15) is 0 Å². The Morgan fingerprint density at radius 1 is 1.38 bits per heavy atom. The smallest absolute Gasteiger partial charge is 0.220 e. The predicted octanol–water partition coefficient (Wildman–Crippen LogP) is 0.640. The molecular formula is C10H18N2O. The molecule has 1 heterocycles. The monoisotopic (exact) mass is 182 g/mol. The van der Waals surface area contributed by atoms with Crippen LogP contribution in [0.4, 0.5) is 0 Å². The number of nitrogens with two attached hydrogens (primary N) is 1. The largest absolute Gasteiger partial charge is 0.353 e. The second-order valence-corrected chi connectivity index (χ2v) is 4.32. The SMILES string of the molecule is NCC1CC(=O)NC2CCCCC12. The van der Waals surface area contributed by atoms with E-state index in [0.29, 0.717) is 30.8 Å². The molecule has 2 rings (SSSR count). The van der Waals surface area contributed by atoms with Crippen molar-refractivity contribution in [1.82, 2.24) is 5.32 Å². The summed E-state index contributed by atoms with van der Waals surface area (Å²) in [7, 11) is 0. The van der Waals surface area contributed by atoms with Crippen LogP contribution >= 0.6 is 0 Å². The minimum absolute atomic E-state index is 0.207. The van der Waals surface area contributed by atoms with E-state index in [0.717, 1.165) is 6.42 Å². The Morgan fingerprint density at radius 3 is 2.92 bits per heavy atom. The van der Waals surface area contributed by atoms with E-state index in [2.05, 4.69) is 5.32 Å². The normalized spacial score (nSPS) is 39.5. The van der Waals surface area contributed by atoms with Crippen molar-refractivity contribution < 1.29 is 4.79 Å². The van der Waals surface area contributed by atoms with E-state index < -0.39 is 0 Å². The van der Waals surface area contributed by atoms with Crippen LogP contribution in [0.1, 0.15) is 32.1 Å². The van der Waals surface area contributed by atoms with Gasteiger partial charge in [0.1, 0.15) is 0 Å². The first-order valence-electron chi connectivity index (χ1n) is 5.30. The van der Waals surface area contributed by atoms with Crippen LogP contribution in [0.5, 0.6) is 0 Å². The Morgan fingerprint density at radius 2 is 2.15 bits per heavy atom. The lowest BCUT2D eigenvalue weighted by atomic mass is 9.73. The molecule has 3 N–H and O–H groups in total. The number of carbonyl (C=O) groups is 1. The maximum Gasteiger partial charge on any atom is 0.220 e. The maximum atomic E-state index is 11.3. The van der Waals surface area contributed by atoms with Crippen LogP contribution in [0.2, 0.25) is 0 Å². The molecule has 3 heteroatoms. The zero-order chi connectivity index (χ0) is 9.26. The van der Waals surface area contributed by atoms with Gasteiger partial charge in [-0.1, -0.05) is 12.8 Å². The summed E-state index contributed by atoms with van der Waals surface area (Å²) in [6.45, 7) is 0.675. The van der Waals surface area contributed by atoms with E-state index >= 15 is 0 Å². The highest BCUT2D eigenvalue weighted by atomic mass is 16.1. The standard InChI is InChI=1S/C10H18N2O/c11-6-7-5-10(13)12-9-4-2-1-3-8(7)9/h7-9H,1-6,11H2,(H,12,13). The fourth-order valence-corrected chi connectivity index (χ4v) is 2.82. The molecule has 0 bridgehead atoms. The summed E-state index contributed by atoms with van der Waals surface area (Å²) in [5, 5.41) is 3.09. The third-order valence-electron chi connectivity index (χ3n) is 3.52. The molecule has 3 unspecified atom stereocenters. The Hall–Kier alpha value is -0.570. The first kappa shape index (κ1) is 9.00. The van der Waals surface area contributed by atoms with E-state index in [4.69, 9.17) is 5.73 Å². The highest BCUT2D eigenvalue weighted by molar-refractivity contribution is 5.77. The van der Waals surface area contributed by atoms with Crippen molar-refractivity contribution in [3.8, 4) is 0 Å². The van der Waals surface area contributed by atoms with Crippen LogP contribution in [-0.2, 0) is 4.79 Å². The molecule has 74 valence electrons. The number of hydrogen-bond acceptors (Lipinski definition) is 2. The minimum atomic E-state index is 0.207. The van der Waals surface area contributed by atoms with Crippen LogP contribution in [0.25, 0.3) is 0 Å². The van der Waals surface area contributed by atoms with E-state index in [-0.39, 0.29) is 5.91 Å². The van der Waals surface area contributed by atoms with Crippen LogP contribution in [-0.4, -0.2) is 18.5 Å². The number of rotatable bonds is 1. The molecular weight excluding hydrogens is 164 g/mol. The van der Waals surface area contributed by atoms with Crippen LogP contribution in [0, 0.1) is 11.8 Å². The van der Waals surface area contributed by atoms with Crippen LogP contribution < -0.4 is 11.1 Å². The zero-order valence-corrected chi connectivity index (χ0v) is 7.96. The molecule has 1 saturated carbocycles. The van der Waals surface area contributed by atoms with Gasteiger partial charge in [0.25, 0.3) is 0 Å².